The molecule has 0 aliphatic carbocycles. The minimum Gasteiger partial charge on any atom is -0.325 e. The Bertz CT molecular complexity index is 1690. The summed E-state index contributed by atoms with van der Waals surface area (Å²) >= 11 is 1.29. The number of rotatable bonds is 5. The van der Waals surface area contributed by atoms with Crippen molar-refractivity contribution in [2.24, 2.45) is 0 Å². The van der Waals surface area contributed by atoms with Crippen molar-refractivity contribution >= 4 is 40.0 Å². The molecule has 182 valence electrons. The van der Waals surface area contributed by atoms with Crippen LogP contribution in [-0.2, 0) is 4.79 Å². The van der Waals surface area contributed by atoms with E-state index in [-0.39, 0.29) is 17.2 Å². The van der Waals surface area contributed by atoms with Crippen LogP contribution in [0.5, 0.6) is 0 Å². The summed E-state index contributed by atoms with van der Waals surface area (Å²) < 4.78 is 3.47. The number of fused-ring (bicyclic) bond motifs is 3. The van der Waals surface area contributed by atoms with Gasteiger partial charge in [-0.05, 0) is 75.1 Å². The second-order valence-corrected chi connectivity index (χ2v) is 10.0. The lowest BCUT2D eigenvalue weighted by molar-refractivity contribution is -0.113. The third-order valence-corrected chi connectivity index (χ3v) is 7.41. The predicted octanol–water partition coefficient (Wildman–Crippen LogP) is 5.31. The molecule has 0 bridgehead atoms. The Morgan fingerprint density at radius 3 is 2.39 bits per heavy atom. The molecular weight excluding hydrogens is 470 g/mol. The van der Waals surface area contributed by atoms with E-state index in [1.54, 1.807) is 4.57 Å². The molecule has 2 heterocycles. The maximum atomic E-state index is 13.6. The van der Waals surface area contributed by atoms with Crippen LogP contribution in [0.4, 0.5) is 5.69 Å². The van der Waals surface area contributed by atoms with E-state index in [1.807, 2.05) is 81.5 Å². The van der Waals surface area contributed by atoms with Crippen molar-refractivity contribution in [1.82, 2.24) is 19.2 Å². The van der Waals surface area contributed by atoms with Gasteiger partial charge in [-0.15, -0.1) is 10.2 Å². The first-order valence-electron chi connectivity index (χ1n) is 11.7. The van der Waals surface area contributed by atoms with Crippen molar-refractivity contribution < 1.29 is 4.79 Å². The number of hydrogen-bond acceptors (Lipinski definition) is 5. The number of para-hydroxylation sites is 1. The largest absolute Gasteiger partial charge is 0.325 e. The van der Waals surface area contributed by atoms with Crippen molar-refractivity contribution in [2.75, 3.05) is 11.1 Å². The number of nitrogens with zero attached hydrogens (tertiary/aromatic N) is 4. The highest BCUT2D eigenvalue weighted by Gasteiger charge is 2.20. The van der Waals surface area contributed by atoms with Gasteiger partial charge in [-0.25, -0.2) is 4.57 Å². The van der Waals surface area contributed by atoms with Gasteiger partial charge in [0.15, 0.2) is 5.16 Å². The Kier molecular flexibility index (Phi) is 6.14. The first-order chi connectivity index (χ1) is 17.3. The van der Waals surface area contributed by atoms with Gasteiger partial charge < -0.3 is 5.32 Å². The second-order valence-electron chi connectivity index (χ2n) is 9.11. The van der Waals surface area contributed by atoms with Gasteiger partial charge in [0.2, 0.25) is 11.7 Å². The number of nitrogens with one attached hydrogen (secondary N) is 1. The third-order valence-electron chi connectivity index (χ3n) is 6.49. The summed E-state index contributed by atoms with van der Waals surface area (Å²) in [5.41, 5.74) is 7.46. The highest BCUT2D eigenvalue weighted by molar-refractivity contribution is 7.99. The van der Waals surface area contributed by atoms with Gasteiger partial charge in [-0.3, -0.25) is 14.0 Å². The zero-order valence-electron chi connectivity index (χ0n) is 20.9. The number of aromatic nitrogens is 4. The molecule has 0 saturated carbocycles. The van der Waals surface area contributed by atoms with Gasteiger partial charge in [-0.1, -0.05) is 53.7 Å². The number of hydrogen-bond donors (Lipinski definition) is 1. The molecule has 0 aliphatic rings. The zero-order valence-corrected chi connectivity index (χ0v) is 21.7. The van der Waals surface area contributed by atoms with Crippen LogP contribution in [0.25, 0.3) is 22.4 Å². The monoisotopic (exact) mass is 497 g/mol. The molecule has 0 spiro atoms. The second kappa shape index (κ2) is 9.28. The molecule has 8 heteroatoms. The summed E-state index contributed by atoms with van der Waals surface area (Å²) in [5, 5.41) is 12.9. The van der Waals surface area contributed by atoms with Crippen molar-refractivity contribution in [3.8, 4) is 5.69 Å². The van der Waals surface area contributed by atoms with Crippen LogP contribution in [0.3, 0.4) is 0 Å². The Morgan fingerprint density at radius 2 is 1.64 bits per heavy atom. The molecule has 3 aromatic carbocycles. The quantitative estimate of drug-likeness (QED) is 0.333. The highest BCUT2D eigenvalue weighted by atomic mass is 32.2. The molecule has 0 fully saturated rings. The molecule has 0 radical (unpaired) electrons. The van der Waals surface area contributed by atoms with Gasteiger partial charge >= 0.3 is 0 Å². The van der Waals surface area contributed by atoms with Gasteiger partial charge in [0.25, 0.3) is 5.56 Å². The highest BCUT2D eigenvalue weighted by Crippen LogP contribution is 2.26. The molecule has 5 rings (SSSR count). The maximum absolute atomic E-state index is 13.6. The molecule has 1 amide bonds. The van der Waals surface area contributed by atoms with E-state index in [2.05, 4.69) is 27.6 Å². The minimum atomic E-state index is -0.154. The number of aryl methyl sites for hydroxylation is 4. The lowest BCUT2D eigenvalue weighted by Gasteiger charge is -2.14. The molecule has 0 unspecified atom stereocenters. The Hall–Kier alpha value is -3.91. The summed E-state index contributed by atoms with van der Waals surface area (Å²) in [4.78, 5) is 26.5. The van der Waals surface area contributed by atoms with Crippen LogP contribution in [0.15, 0.2) is 64.5 Å². The van der Waals surface area contributed by atoms with Crippen molar-refractivity contribution in [1.29, 1.82) is 0 Å². The van der Waals surface area contributed by atoms with Crippen molar-refractivity contribution in [3.63, 3.8) is 0 Å². The molecular formula is C28H27N5O2S. The predicted molar refractivity (Wildman–Crippen MR) is 146 cm³/mol. The summed E-state index contributed by atoms with van der Waals surface area (Å²) in [7, 11) is 0. The standard InChI is InChI=1S/C28H27N5O2S/c1-16-13-18(3)25(19(4)14-16)29-24(34)15-36-28-31-30-27-32(22-12-8-9-17(2)20(22)5)26(35)21-10-6-7-11-23(21)33(27)28/h6-14H,15H2,1-5H3,(H,29,34). The molecule has 0 aliphatic heterocycles. The number of carbonyl (C=O) groups is 1. The van der Waals surface area contributed by atoms with E-state index in [9.17, 15) is 9.59 Å². The number of benzene rings is 3. The molecule has 0 saturated heterocycles. The molecule has 2 aromatic heterocycles. The number of amides is 1. The Morgan fingerprint density at radius 1 is 0.917 bits per heavy atom. The smallest absolute Gasteiger partial charge is 0.267 e. The van der Waals surface area contributed by atoms with Crippen LogP contribution >= 0.6 is 11.8 Å². The van der Waals surface area contributed by atoms with Gasteiger partial charge in [0.1, 0.15) is 0 Å². The fraction of sp³-hybridized carbons (Fsp3) is 0.214. The number of thioether (sulfide) groups is 1. The Balaban J connectivity index is 1.56. The van der Waals surface area contributed by atoms with Crippen LogP contribution in [0.1, 0.15) is 27.8 Å². The first-order valence-corrected chi connectivity index (χ1v) is 12.7. The summed E-state index contributed by atoms with van der Waals surface area (Å²) in [5.74, 6) is 0.448. The average Bonchev–Trinajstić information content (AvgIpc) is 3.26. The molecule has 7 nitrogen and oxygen atoms in total. The van der Waals surface area contributed by atoms with E-state index in [0.29, 0.717) is 21.8 Å². The SMILES string of the molecule is Cc1cc(C)c(NC(=O)CSc2nnc3n(-c4cccc(C)c4C)c(=O)c4ccccc4n23)c(C)c1. The molecule has 1 N–H and O–H groups in total. The van der Waals surface area contributed by atoms with Crippen molar-refractivity contribution in [2.45, 2.75) is 39.8 Å². The number of carbonyl (C=O) groups excluding carboxylic acids is 1. The lowest BCUT2D eigenvalue weighted by atomic mass is 10.1. The topological polar surface area (TPSA) is 81.3 Å². The van der Waals surface area contributed by atoms with Gasteiger partial charge in [0.05, 0.1) is 22.3 Å². The summed E-state index contributed by atoms with van der Waals surface area (Å²) in [6.07, 6.45) is 0. The zero-order chi connectivity index (χ0) is 25.6. The minimum absolute atomic E-state index is 0.126. The molecule has 5 aromatic rings. The third kappa shape index (κ3) is 4.07. The van der Waals surface area contributed by atoms with Crippen LogP contribution < -0.4 is 10.9 Å². The average molecular weight is 498 g/mol. The summed E-state index contributed by atoms with van der Waals surface area (Å²) in [6.45, 7) is 10.0. The van der Waals surface area contributed by atoms with Crippen LogP contribution in [-0.4, -0.2) is 30.8 Å². The maximum Gasteiger partial charge on any atom is 0.267 e. The van der Waals surface area contributed by atoms with Crippen molar-refractivity contribution in [3.05, 3.63) is 92.8 Å². The Labute approximate surface area is 213 Å². The first kappa shape index (κ1) is 23.8. The molecule has 0 atom stereocenters. The van der Waals surface area contributed by atoms with Gasteiger partial charge in [0, 0.05) is 5.69 Å². The van der Waals surface area contributed by atoms with E-state index >= 15 is 0 Å². The molecule has 36 heavy (non-hydrogen) atoms. The van der Waals surface area contributed by atoms with Gasteiger partial charge in [-0.2, -0.15) is 0 Å². The van der Waals surface area contributed by atoms with E-state index in [1.165, 1.54) is 11.8 Å². The normalized spacial score (nSPS) is 11.4. The summed E-state index contributed by atoms with van der Waals surface area (Å²) in [6, 6.07) is 17.4. The van der Waals surface area contributed by atoms with E-state index in [0.717, 1.165) is 39.2 Å². The fourth-order valence-corrected chi connectivity index (χ4v) is 5.39. The van der Waals surface area contributed by atoms with E-state index < -0.39 is 0 Å². The van der Waals surface area contributed by atoms with Crippen LogP contribution in [0.2, 0.25) is 0 Å². The van der Waals surface area contributed by atoms with Crippen LogP contribution in [0, 0.1) is 34.6 Å². The van der Waals surface area contributed by atoms with E-state index in [4.69, 9.17) is 0 Å². The lowest BCUT2D eigenvalue weighted by Crippen LogP contribution is -2.23. The fourth-order valence-electron chi connectivity index (χ4n) is 4.65. The number of anilines is 1.